The smallest absolute Gasteiger partial charge is 0.134 e. The second kappa shape index (κ2) is 7.93. The second-order valence-electron chi connectivity index (χ2n) is 6.24. The summed E-state index contributed by atoms with van der Waals surface area (Å²) < 4.78 is 4.14. The minimum Gasteiger partial charge on any atom is -0.374 e. The fraction of sp³-hybridized carbons (Fsp3) is 0.867. The zero-order valence-corrected chi connectivity index (χ0v) is 13.9. The molecule has 0 bridgehead atoms. The number of hydrogen-bond acceptors (Lipinski definition) is 5. The molecule has 1 heterocycles. The van der Waals surface area contributed by atoms with Gasteiger partial charge < -0.3 is 5.32 Å². The first kappa shape index (κ1) is 15.7. The van der Waals surface area contributed by atoms with Crippen molar-refractivity contribution in [2.75, 3.05) is 18.4 Å². The average Bonchev–Trinajstić information content (AvgIpc) is 3.06. The molecule has 1 N–H and O–H groups in total. The Morgan fingerprint density at radius 2 is 2.10 bits per heavy atom. The molecule has 4 nitrogen and oxygen atoms in total. The van der Waals surface area contributed by atoms with Crippen LogP contribution in [0.15, 0.2) is 0 Å². The number of hydrogen-bond donors (Lipinski definition) is 1. The van der Waals surface area contributed by atoms with E-state index in [9.17, 15) is 0 Å². The maximum absolute atomic E-state index is 4.35. The lowest BCUT2D eigenvalue weighted by molar-refractivity contribution is 0.167. The summed E-state index contributed by atoms with van der Waals surface area (Å²) in [5.41, 5.74) is 1.14. The van der Waals surface area contributed by atoms with Gasteiger partial charge in [-0.05, 0) is 25.2 Å². The monoisotopic (exact) mass is 296 g/mol. The molecule has 0 aromatic carbocycles. The van der Waals surface area contributed by atoms with Crippen molar-refractivity contribution in [3.63, 3.8) is 0 Å². The van der Waals surface area contributed by atoms with Gasteiger partial charge in [0.2, 0.25) is 0 Å². The molecular formula is C15H28N4S. The van der Waals surface area contributed by atoms with Gasteiger partial charge in [-0.2, -0.15) is 0 Å². The van der Waals surface area contributed by atoms with Crippen LogP contribution in [0.4, 0.5) is 5.00 Å². The van der Waals surface area contributed by atoms with E-state index >= 15 is 0 Å². The van der Waals surface area contributed by atoms with Gasteiger partial charge in [0, 0.05) is 37.2 Å². The van der Waals surface area contributed by atoms with Crippen LogP contribution < -0.4 is 5.32 Å². The molecule has 0 saturated heterocycles. The van der Waals surface area contributed by atoms with Crippen LogP contribution in [0.2, 0.25) is 0 Å². The highest BCUT2D eigenvalue weighted by atomic mass is 32.1. The fourth-order valence-electron chi connectivity index (χ4n) is 2.96. The maximum atomic E-state index is 4.35. The van der Waals surface area contributed by atoms with E-state index < -0.39 is 0 Å². The Bertz CT molecular complexity index is 385. The van der Waals surface area contributed by atoms with Crippen molar-refractivity contribution in [2.24, 2.45) is 5.92 Å². The number of aromatic nitrogens is 2. The molecule has 1 aromatic heterocycles. The number of rotatable bonds is 8. The van der Waals surface area contributed by atoms with Gasteiger partial charge in [-0.25, -0.2) is 0 Å². The minimum absolute atomic E-state index is 0.703. The summed E-state index contributed by atoms with van der Waals surface area (Å²) >= 11 is 1.49. The molecule has 5 heteroatoms. The Hall–Kier alpha value is -0.680. The zero-order valence-electron chi connectivity index (χ0n) is 13.1. The molecule has 0 aliphatic heterocycles. The third-order valence-electron chi connectivity index (χ3n) is 3.88. The molecular weight excluding hydrogens is 268 g/mol. The van der Waals surface area contributed by atoms with E-state index in [0.717, 1.165) is 37.8 Å². The number of anilines is 1. The zero-order chi connectivity index (χ0) is 14.4. The molecule has 0 spiro atoms. The molecule has 1 aliphatic carbocycles. The highest BCUT2D eigenvalue weighted by molar-refractivity contribution is 7.10. The topological polar surface area (TPSA) is 41.1 Å². The molecule has 1 aromatic rings. The molecule has 0 atom stereocenters. The fourth-order valence-corrected chi connectivity index (χ4v) is 3.56. The lowest BCUT2D eigenvalue weighted by atomic mass is 10.1. The van der Waals surface area contributed by atoms with Crippen molar-refractivity contribution in [3.8, 4) is 0 Å². The Balaban J connectivity index is 2.00. The first-order valence-electron chi connectivity index (χ1n) is 7.99. The Kier molecular flexibility index (Phi) is 6.23. The van der Waals surface area contributed by atoms with E-state index in [4.69, 9.17) is 0 Å². The summed E-state index contributed by atoms with van der Waals surface area (Å²) in [5, 5.41) is 8.98. The van der Waals surface area contributed by atoms with Crippen molar-refractivity contribution >= 4 is 16.5 Å². The quantitative estimate of drug-likeness (QED) is 0.793. The summed E-state index contributed by atoms with van der Waals surface area (Å²) in [6.45, 7) is 9.91. The highest BCUT2D eigenvalue weighted by Crippen LogP contribution is 2.27. The van der Waals surface area contributed by atoms with Crippen molar-refractivity contribution in [1.82, 2.24) is 14.5 Å². The summed E-state index contributed by atoms with van der Waals surface area (Å²) in [7, 11) is 0. The van der Waals surface area contributed by atoms with Crippen molar-refractivity contribution < 1.29 is 0 Å². The van der Waals surface area contributed by atoms with Crippen LogP contribution in [0.25, 0.3) is 0 Å². The lowest BCUT2D eigenvalue weighted by Crippen LogP contribution is -2.36. The number of nitrogens with one attached hydrogen (secondary N) is 1. The molecule has 20 heavy (non-hydrogen) atoms. The Morgan fingerprint density at radius 3 is 2.75 bits per heavy atom. The van der Waals surface area contributed by atoms with E-state index in [0.29, 0.717) is 5.92 Å². The normalized spacial score (nSPS) is 16.4. The van der Waals surface area contributed by atoms with Crippen molar-refractivity contribution in [3.05, 3.63) is 5.69 Å². The van der Waals surface area contributed by atoms with Gasteiger partial charge in [-0.1, -0.05) is 38.1 Å². The molecule has 2 rings (SSSR count). The van der Waals surface area contributed by atoms with E-state index in [1.54, 1.807) is 0 Å². The average molecular weight is 296 g/mol. The van der Waals surface area contributed by atoms with Crippen molar-refractivity contribution in [2.45, 2.75) is 65.5 Å². The first-order valence-corrected chi connectivity index (χ1v) is 8.77. The maximum Gasteiger partial charge on any atom is 0.134 e. The van der Waals surface area contributed by atoms with Crippen LogP contribution in [0, 0.1) is 5.92 Å². The van der Waals surface area contributed by atoms with Gasteiger partial charge in [-0.3, -0.25) is 4.90 Å². The lowest BCUT2D eigenvalue weighted by Gasteiger charge is -2.29. The Labute approximate surface area is 127 Å². The van der Waals surface area contributed by atoms with Gasteiger partial charge in [0.25, 0.3) is 0 Å². The summed E-state index contributed by atoms with van der Waals surface area (Å²) in [5.74, 6) is 0.703. The van der Waals surface area contributed by atoms with Crippen molar-refractivity contribution in [1.29, 1.82) is 0 Å². The predicted molar refractivity (Wildman–Crippen MR) is 86.2 cm³/mol. The third-order valence-corrected chi connectivity index (χ3v) is 4.61. The second-order valence-corrected chi connectivity index (χ2v) is 6.99. The first-order chi connectivity index (χ1) is 9.70. The van der Waals surface area contributed by atoms with Crippen LogP contribution in [0.1, 0.15) is 58.6 Å². The van der Waals surface area contributed by atoms with E-state index in [-0.39, 0.29) is 0 Å². The predicted octanol–water partition coefficient (Wildman–Crippen LogP) is 3.76. The van der Waals surface area contributed by atoms with E-state index in [1.807, 2.05) is 0 Å². The van der Waals surface area contributed by atoms with Gasteiger partial charge in [-0.15, -0.1) is 5.10 Å². The van der Waals surface area contributed by atoms with Gasteiger partial charge in [0.15, 0.2) is 0 Å². The largest absolute Gasteiger partial charge is 0.374 e. The molecule has 1 fully saturated rings. The van der Waals surface area contributed by atoms with E-state index in [1.165, 1.54) is 42.2 Å². The molecule has 0 amide bonds. The van der Waals surface area contributed by atoms with Gasteiger partial charge in [0.05, 0.1) is 0 Å². The van der Waals surface area contributed by atoms with Crippen LogP contribution in [-0.4, -0.2) is 33.6 Å². The summed E-state index contributed by atoms with van der Waals surface area (Å²) in [6.07, 6.45) is 6.60. The minimum atomic E-state index is 0.703. The molecule has 0 radical (unpaired) electrons. The number of nitrogens with zero attached hydrogens (tertiary/aromatic N) is 3. The molecule has 1 aliphatic rings. The van der Waals surface area contributed by atoms with Crippen LogP contribution in [0.3, 0.4) is 0 Å². The van der Waals surface area contributed by atoms with Gasteiger partial charge in [0.1, 0.15) is 10.7 Å². The van der Waals surface area contributed by atoms with Crippen LogP contribution >= 0.6 is 11.5 Å². The van der Waals surface area contributed by atoms with Crippen LogP contribution in [0.5, 0.6) is 0 Å². The third kappa shape index (κ3) is 4.42. The molecule has 114 valence electrons. The van der Waals surface area contributed by atoms with E-state index in [2.05, 4.69) is 40.6 Å². The van der Waals surface area contributed by atoms with Crippen LogP contribution in [-0.2, 0) is 6.54 Å². The van der Waals surface area contributed by atoms with Gasteiger partial charge >= 0.3 is 0 Å². The SMILES string of the molecule is CCCNc1snnc1CN(CC(C)C)C1CCCC1. The summed E-state index contributed by atoms with van der Waals surface area (Å²) in [6, 6.07) is 0.748. The standard InChI is InChI=1S/C15H28N4S/c1-4-9-16-15-14(17-18-20-15)11-19(10-12(2)3)13-7-5-6-8-13/h12-13,16H,4-11H2,1-3H3. The Morgan fingerprint density at radius 1 is 1.35 bits per heavy atom. The molecule has 0 unspecified atom stereocenters. The molecule has 1 saturated carbocycles. The highest BCUT2D eigenvalue weighted by Gasteiger charge is 2.24. The summed E-state index contributed by atoms with van der Waals surface area (Å²) in [4.78, 5) is 2.63.